The lowest BCUT2D eigenvalue weighted by Gasteiger charge is -2.27. The standard InChI is InChI=1S/C14H20F3N3O/c1-2-8-20(10-14(15,16)17)9-12(13(21)19-18)11-6-4-3-5-7-11/h3-7,12H,2,8-10,18H2,1H3,(H,19,21). The first-order chi connectivity index (χ1) is 9.87. The van der Waals surface area contributed by atoms with E-state index < -0.39 is 24.5 Å². The van der Waals surface area contributed by atoms with E-state index in [0.29, 0.717) is 12.0 Å². The third-order valence-corrected chi connectivity index (χ3v) is 3.04. The van der Waals surface area contributed by atoms with Crippen LogP contribution in [0.3, 0.4) is 0 Å². The van der Waals surface area contributed by atoms with Crippen molar-refractivity contribution in [2.24, 2.45) is 5.84 Å². The maximum Gasteiger partial charge on any atom is 0.401 e. The Kier molecular flexibility index (Phi) is 6.64. The summed E-state index contributed by atoms with van der Waals surface area (Å²) in [6, 6.07) is 8.66. The number of carbonyl (C=O) groups is 1. The summed E-state index contributed by atoms with van der Waals surface area (Å²) < 4.78 is 37.8. The molecule has 0 spiro atoms. The highest BCUT2D eigenvalue weighted by atomic mass is 19.4. The molecule has 118 valence electrons. The zero-order valence-electron chi connectivity index (χ0n) is 11.9. The highest BCUT2D eigenvalue weighted by Gasteiger charge is 2.32. The number of hydrazine groups is 1. The molecule has 21 heavy (non-hydrogen) atoms. The third-order valence-electron chi connectivity index (χ3n) is 3.04. The molecule has 0 aliphatic rings. The van der Waals surface area contributed by atoms with Gasteiger partial charge in [-0.25, -0.2) is 5.84 Å². The minimum absolute atomic E-state index is 0.0274. The predicted molar refractivity (Wildman–Crippen MR) is 74.3 cm³/mol. The van der Waals surface area contributed by atoms with Crippen LogP contribution in [-0.2, 0) is 4.79 Å². The van der Waals surface area contributed by atoms with Crippen molar-refractivity contribution in [2.45, 2.75) is 25.4 Å². The van der Waals surface area contributed by atoms with Gasteiger partial charge < -0.3 is 0 Å². The van der Waals surface area contributed by atoms with Gasteiger partial charge in [0.15, 0.2) is 0 Å². The second-order valence-electron chi connectivity index (χ2n) is 4.82. The van der Waals surface area contributed by atoms with E-state index in [2.05, 4.69) is 0 Å². The Morgan fingerprint density at radius 3 is 2.43 bits per heavy atom. The Hall–Kier alpha value is -1.60. The predicted octanol–water partition coefficient (Wildman–Crippen LogP) is 2.03. The van der Waals surface area contributed by atoms with Crippen molar-refractivity contribution in [1.29, 1.82) is 0 Å². The molecular weight excluding hydrogens is 283 g/mol. The number of nitrogens with two attached hydrogens (primary N) is 1. The van der Waals surface area contributed by atoms with E-state index in [1.807, 2.05) is 5.43 Å². The molecule has 1 atom stereocenters. The normalized spacial score (nSPS) is 13.2. The van der Waals surface area contributed by atoms with Crippen LogP contribution in [0.2, 0.25) is 0 Å². The highest BCUT2D eigenvalue weighted by molar-refractivity contribution is 5.83. The van der Waals surface area contributed by atoms with Crippen molar-refractivity contribution in [3.63, 3.8) is 0 Å². The number of alkyl halides is 3. The van der Waals surface area contributed by atoms with E-state index in [-0.39, 0.29) is 13.1 Å². The molecule has 0 saturated carbocycles. The first kappa shape index (κ1) is 17.5. The second-order valence-corrected chi connectivity index (χ2v) is 4.82. The van der Waals surface area contributed by atoms with Crippen LogP contribution in [0.15, 0.2) is 30.3 Å². The van der Waals surface area contributed by atoms with E-state index in [9.17, 15) is 18.0 Å². The van der Waals surface area contributed by atoms with Crippen LogP contribution >= 0.6 is 0 Å². The van der Waals surface area contributed by atoms with Crippen LogP contribution in [0.25, 0.3) is 0 Å². The average Bonchev–Trinajstić information content (AvgIpc) is 2.43. The van der Waals surface area contributed by atoms with Crippen molar-refractivity contribution >= 4 is 5.91 Å². The van der Waals surface area contributed by atoms with Gasteiger partial charge in [0, 0.05) is 6.54 Å². The number of benzene rings is 1. The van der Waals surface area contributed by atoms with Gasteiger partial charge in [-0.2, -0.15) is 13.2 Å². The summed E-state index contributed by atoms with van der Waals surface area (Å²) in [6.07, 6.45) is -3.72. The van der Waals surface area contributed by atoms with E-state index in [1.54, 1.807) is 37.3 Å². The van der Waals surface area contributed by atoms with Crippen molar-refractivity contribution in [2.75, 3.05) is 19.6 Å². The quantitative estimate of drug-likeness (QED) is 0.460. The molecule has 0 radical (unpaired) electrons. The van der Waals surface area contributed by atoms with Gasteiger partial charge in [0.2, 0.25) is 5.91 Å². The Bertz CT molecular complexity index is 437. The number of carbonyl (C=O) groups excluding carboxylic acids is 1. The number of rotatable bonds is 7. The van der Waals surface area contributed by atoms with Gasteiger partial charge in [-0.3, -0.25) is 15.1 Å². The van der Waals surface area contributed by atoms with Gasteiger partial charge in [0.1, 0.15) is 0 Å². The number of amides is 1. The molecule has 3 N–H and O–H groups in total. The van der Waals surface area contributed by atoms with Gasteiger partial charge in [-0.15, -0.1) is 0 Å². The zero-order valence-corrected chi connectivity index (χ0v) is 11.9. The minimum atomic E-state index is -4.30. The SMILES string of the molecule is CCCN(CC(C(=O)NN)c1ccccc1)CC(F)(F)F. The topological polar surface area (TPSA) is 58.4 Å². The zero-order chi connectivity index (χ0) is 15.9. The average molecular weight is 303 g/mol. The van der Waals surface area contributed by atoms with E-state index in [1.165, 1.54) is 4.90 Å². The fourth-order valence-corrected chi connectivity index (χ4v) is 2.19. The van der Waals surface area contributed by atoms with Crippen LogP contribution in [0, 0.1) is 0 Å². The summed E-state index contributed by atoms with van der Waals surface area (Å²) in [5, 5.41) is 0. The highest BCUT2D eigenvalue weighted by Crippen LogP contribution is 2.21. The van der Waals surface area contributed by atoms with Crippen LogP contribution < -0.4 is 11.3 Å². The molecule has 1 aromatic rings. The second kappa shape index (κ2) is 7.99. The molecule has 1 unspecified atom stereocenters. The van der Waals surface area contributed by atoms with Crippen molar-refractivity contribution in [3.05, 3.63) is 35.9 Å². The van der Waals surface area contributed by atoms with Gasteiger partial charge in [-0.05, 0) is 18.5 Å². The van der Waals surface area contributed by atoms with Crippen molar-refractivity contribution in [3.8, 4) is 0 Å². The van der Waals surface area contributed by atoms with E-state index >= 15 is 0 Å². The lowest BCUT2D eigenvalue weighted by Crippen LogP contribution is -2.43. The van der Waals surface area contributed by atoms with E-state index in [4.69, 9.17) is 5.84 Å². The van der Waals surface area contributed by atoms with Gasteiger partial charge in [0.05, 0.1) is 12.5 Å². The van der Waals surface area contributed by atoms with Crippen LogP contribution in [0.5, 0.6) is 0 Å². The molecule has 7 heteroatoms. The first-order valence-electron chi connectivity index (χ1n) is 6.72. The molecule has 1 rings (SSSR count). The van der Waals surface area contributed by atoms with Gasteiger partial charge in [-0.1, -0.05) is 37.3 Å². The largest absolute Gasteiger partial charge is 0.401 e. The molecular formula is C14H20F3N3O. The number of hydrogen-bond acceptors (Lipinski definition) is 3. The lowest BCUT2D eigenvalue weighted by molar-refractivity contribution is -0.148. The molecule has 1 aromatic carbocycles. The molecule has 0 aliphatic carbocycles. The molecule has 0 saturated heterocycles. The maximum absolute atomic E-state index is 12.6. The van der Waals surface area contributed by atoms with Gasteiger partial charge in [0.25, 0.3) is 0 Å². The summed E-state index contributed by atoms with van der Waals surface area (Å²) >= 11 is 0. The molecule has 0 aromatic heterocycles. The smallest absolute Gasteiger partial charge is 0.294 e. The lowest BCUT2D eigenvalue weighted by atomic mass is 9.97. The summed E-state index contributed by atoms with van der Waals surface area (Å²) in [6.45, 7) is 0.993. The fraction of sp³-hybridized carbons (Fsp3) is 0.500. The maximum atomic E-state index is 12.6. The Balaban J connectivity index is 2.90. The van der Waals surface area contributed by atoms with E-state index in [0.717, 1.165) is 0 Å². The Morgan fingerprint density at radius 1 is 1.33 bits per heavy atom. The molecule has 4 nitrogen and oxygen atoms in total. The molecule has 1 amide bonds. The number of hydrogen-bond donors (Lipinski definition) is 2. The fourth-order valence-electron chi connectivity index (χ4n) is 2.19. The number of nitrogens with one attached hydrogen (secondary N) is 1. The molecule has 0 bridgehead atoms. The van der Waals surface area contributed by atoms with Crippen molar-refractivity contribution < 1.29 is 18.0 Å². The van der Waals surface area contributed by atoms with Crippen molar-refractivity contribution in [1.82, 2.24) is 10.3 Å². The molecule has 0 aliphatic heterocycles. The minimum Gasteiger partial charge on any atom is -0.294 e. The number of nitrogens with zero attached hydrogens (tertiary/aromatic N) is 1. The summed E-state index contributed by atoms with van der Waals surface area (Å²) in [7, 11) is 0. The van der Waals surface area contributed by atoms with Crippen LogP contribution in [0.1, 0.15) is 24.8 Å². The third kappa shape index (κ3) is 6.14. The summed E-state index contributed by atoms with van der Waals surface area (Å²) in [5.74, 6) is 3.92. The summed E-state index contributed by atoms with van der Waals surface area (Å²) in [4.78, 5) is 13.1. The Morgan fingerprint density at radius 2 is 1.95 bits per heavy atom. The summed E-state index contributed by atoms with van der Waals surface area (Å²) in [5.41, 5.74) is 2.67. The molecule has 0 fully saturated rings. The monoisotopic (exact) mass is 303 g/mol. The molecule has 0 heterocycles. The first-order valence-corrected chi connectivity index (χ1v) is 6.72. The Labute approximate surface area is 122 Å². The van der Waals surface area contributed by atoms with Gasteiger partial charge >= 0.3 is 6.18 Å². The van der Waals surface area contributed by atoms with Crippen LogP contribution in [0.4, 0.5) is 13.2 Å². The van der Waals surface area contributed by atoms with Crippen LogP contribution in [-0.4, -0.2) is 36.6 Å². The number of halogens is 3.